The highest BCUT2D eigenvalue weighted by molar-refractivity contribution is 5.75. The van der Waals surface area contributed by atoms with E-state index < -0.39 is 67.7 Å². The number of esters is 1. The van der Waals surface area contributed by atoms with Crippen molar-refractivity contribution < 1.29 is 59.5 Å². The van der Waals surface area contributed by atoms with Crippen LogP contribution in [-0.2, 0) is 30.4 Å². The van der Waals surface area contributed by atoms with Crippen LogP contribution < -0.4 is 0 Å². The molecule has 0 saturated carbocycles. The molecule has 0 radical (unpaired) electrons. The Labute approximate surface area is 176 Å². The highest BCUT2D eigenvalue weighted by Crippen LogP contribution is 2.33. The number of carbonyl (C=O) groups is 2. The summed E-state index contributed by atoms with van der Waals surface area (Å²) in [5, 5.41) is 69.0. The minimum atomic E-state index is -2.42. The zero-order valence-electron chi connectivity index (χ0n) is 16.3. The van der Waals surface area contributed by atoms with Gasteiger partial charge in [0.05, 0.1) is 6.61 Å². The summed E-state index contributed by atoms with van der Waals surface area (Å²) in [5.41, 5.74) is 0.599. The second kappa shape index (κ2) is 11.0. The fourth-order valence-electron chi connectivity index (χ4n) is 3.01. The first-order chi connectivity index (χ1) is 14.7. The van der Waals surface area contributed by atoms with Gasteiger partial charge in [0.2, 0.25) is 5.79 Å². The van der Waals surface area contributed by atoms with Crippen LogP contribution in [0.15, 0.2) is 30.3 Å². The molecule has 8 atom stereocenters. The zero-order chi connectivity index (χ0) is 23.2. The molecular weight excluding hydrogens is 420 g/mol. The summed E-state index contributed by atoms with van der Waals surface area (Å²) in [6.45, 7) is -2.08. The van der Waals surface area contributed by atoms with E-state index in [0.29, 0.717) is 5.56 Å². The first-order valence-corrected chi connectivity index (χ1v) is 9.34. The van der Waals surface area contributed by atoms with Gasteiger partial charge in [-0.1, -0.05) is 30.3 Å². The van der Waals surface area contributed by atoms with Crippen molar-refractivity contribution in [2.45, 2.75) is 55.1 Å². The Morgan fingerprint density at radius 3 is 2.29 bits per heavy atom. The maximum Gasteiger partial charge on any atom is 0.338 e. The lowest BCUT2D eigenvalue weighted by Gasteiger charge is -2.35. The van der Waals surface area contributed by atoms with Crippen LogP contribution in [0.5, 0.6) is 0 Å². The Morgan fingerprint density at radius 1 is 1.13 bits per heavy atom. The van der Waals surface area contributed by atoms with Gasteiger partial charge in [-0.25, -0.2) is 4.79 Å². The topological polar surface area (TPSA) is 203 Å². The molecule has 31 heavy (non-hydrogen) atoms. The van der Waals surface area contributed by atoms with Gasteiger partial charge in [-0.2, -0.15) is 0 Å². The molecule has 12 nitrogen and oxygen atoms in total. The summed E-state index contributed by atoms with van der Waals surface area (Å²) < 4.78 is 15.1. The highest BCUT2D eigenvalue weighted by Gasteiger charge is 2.57. The molecule has 7 N–H and O–H groups in total. The Morgan fingerprint density at radius 2 is 1.77 bits per heavy atom. The van der Waals surface area contributed by atoms with E-state index in [4.69, 9.17) is 19.3 Å². The summed E-state index contributed by atoms with van der Waals surface area (Å²) in [6, 6.07) is 8.43. The average Bonchev–Trinajstić information content (AvgIpc) is 3.05. The number of ether oxygens (including phenoxy) is 3. The first-order valence-electron chi connectivity index (χ1n) is 9.34. The van der Waals surface area contributed by atoms with Gasteiger partial charge in [0, 0.05) is 0 Å². The number of hydrogen-bond donors (Lipinski definition) is 7. The number of rotatable bonds is 11. The number of carbonyl (C=O) groups excluding carboxylic acids is 2. The van der Waals surface area contributed by atoms with Gasteiger partial charge >= 0.3 is 5.97 Å². The maximum atomic E-state index is 12.0. The smallest absolute Gasteiger partial charge is 0.338 e. The third-order valence-corrected chi connectivity index (χ3v) is 4.85. The van der Waals surface area contributed by atoms with Crippen LogP contribution in [0.25, 0.3) is 0 Å². The molecular formula is C19H26O12. The fourth-order valence-corrected chi connectivity index (χ4v) is 3.01. The molecule has 1 heterocycles. The standard InChI is InChI=1S/C19H26O12/c20-6-11(30-19(9-22)17(27)14(24)12(7-21)31-19)13(23)15(25)16(26)18(28)29-8-10-4-2-1-3-5-10/h1-6,11-17,21-27H,7-9H2/t11-,12+,13+,14+,15-,16-,17-,19+/m0/s1. The van der Waals surface area contributed by atoms with E-state index in [2.05, 4.69) is 0 Å². The van der Waals surface area contributed by atoms with Crippen LogP contribution in [-0.4, -0.2) is 110 Å². The Hall–Kier alpha value is -2.00. The highest BCUT2D eigenvalue weighted by atomic mass is 16.7. The van der Waals surface area contributed by atoms with Crippen molar-refractivity contribution in [3.63, 3.8) is 0 Å². The Balaban J connectivity index is 2.03. The lowest BCUT2D eigenvalue weighted by molar-refractivity contribution is -0.301. The lowest BCUT2D eigenvalue weighted by atomic mass is 10.0. The fraction of sp³-hybridized carbons (Fsp3) is 0.579. The van der Waals surface area contributed by atoms with E-state index >= 15 is 0 Å². The molecule has 1 aliphatic heterocycles. The van der Waals surface area contributed by atoms with E-state index in [1.165, 1.54) is 0 Å². The van der Waals surface area contributed by atoms with Crippen LogP contribution in [0, 0.1) is 0 Å². The molecule has 0 unspecified atom stereocenters. The normalized spacial score (nSPS) is 29.7. The van der Waals surface area contributed by atoms with E-state index in [-0.39, 0.29) is 12.9 Å². The molecule has 174 valence electrons. The lowest BCUT2D eigenvalue weighted by Crippen LogP contribution is -2.56. The second-order valence-corrected chi connectivity index (χ2v) is 6.98. The number of benzene rings is 1. The van der Waals surface area contributed by atoms with Gasteiger partial charge in [-0.3, -0.25) is 0 Å². The molecule has 0 aliphatic carbocycles. The third kappa shape index (κ3) is 5.63. The molecule has 2 rings (SSSR count). The average molecular weight is 446 g/mol. The van der Waals surface area contributed by atoms with Crippen molar-refractivity contribution in [3.05, 3.63) is 35.9 Å². The van der Waals surface area contributed by atoms with Gasteiger partial charge in [-0.05, 0) is 5.56 Å². The minimum Gasteiger partial charge on any atom is -0.459 e. The molecule has 0 aromatic heterocycles. The predicted octanol–water partition coefficient (Wildman–Crippen LogP) is -3.80. The van der Waals surface area contributed by atoms with Gasteiger partial charge in [0.25, 0.3) is 0 Å². The molecule has 12 heteroatoms. The van der Waals surface area contributed by atoms with Crippen LogP contribution in [0.2, 0.25) is 0 Å². The van der Waals surface area contributed by atoms with Crippen molar-refractivity contribution in [2.75, 3.05) is 13.2 Å². The molecule has 1 aliphatic rings. The quantitative estimate of drug-likeness (QED) is 0.129. The second-order valence-electron chi connectivity index (χ2n) is 6.98. The van der Waals surface area contributed by atoms with Crippen LogP contribution in [0.1, 0.15) is 5.56 Å². The summed E-state index contributed by atoms with van der Waals surface area (Å²) >= 11 is 0. The predicted molar refractivity (Wildman–Crippen MR) is 99.0 cm³/mol. The first kappa shape index (κ1) is 25.3. The number of aliphatic hydroxyl groups excluding tert-OH is 7. The molecule has 0 amide bonds. The SMILES string of the molecule is O=C[C@H](O[C@]1(CO)O[C@H](CO)[C@@H](O)[C@@H]1O)[C@@H](O)[C@H](O)[C@H](O)C(=O)OCc1ccccc1. The van der Waals surface area contributed by atoms with Crippen molar-refractivity contribution >= 4 is 12.3 Å². The third-order valence-electron chi connectivity index (χ3n) is 4.85. The van der Waals surface area contributed by atoms with Gasteiger partial charge in [0.15, 0.2) is 12.4 Å². The largest absolute Gasteiger partial charge is 0.459 e. The monoisotopic (exact) mass is 446 g/mol. The van der Waals surface area contributed by atoms with Crippen molar-refractivity contribution in [3.8, 4) is 0 Å². The summed E-state index contributed by atoms with van der Waals surface area (Å²) in [5.74, 6) is -3.71. The molecule has 1 saturated heterocycles. The minimum absolute atomic E-state index is 0.0257. The molecule has 1 aromatic rings. The van der Waals surface area contributed by atoms with Crippen LogP contribution >= 0.6 is 0 Å². The van der Waals surface area contributed by atoms with Crippen LogP contribution in [0.4, 0.5) is 0 Å². The van der Waals surface area contributed by atoms with Gasteiger partial charge < -0.3 is 54.8 Å². The van der Waals surface area contributed by atoms with E-state index in [1.807, 2.05) is 0 Å². The molecule has 1 aromatic carbocycles. The van der Waals surface area contributed by atoms with Gasteiger partial charge in [0.1, 0.15) is 49.8 Å². The van der Waals surface area contributed by atoms with Gasteiger partial charge in [-0.15, -0.1) is 0 Å². The molecule has 1 fully saturated rings. The molecule has 0 spiro atoms. The van der Waals surface area contributed by atoms with E-state index in [0.717, 1.165) is 0 Å². The number of hydrogen-bond acceptors (Lipinski definition) is 12. The van der Waals surface area contributed by atoms with Crippen molar-refractivity contribution in [1.82, 2.24) is 0 Å². The van der Waals surface area contributed by atoms with E-state index in [9.17, 15) is 40.2 Å². The number of aldehydes is 1. The Kier molecular flexibility index (Phi) is 9.00. The van der Waals surface area contributed by atoms with Crippen LogP contribution in [0.3, 0.4) is 0 Å². The zero-order valence-corrected chi connectivity index (χ0v) is 16.3. The number of aliphatic hydroxyl groups is 7. The van der Waals surface area contributed by atoms with Crippen molar-refractivity contribution in [1.29, 1.82) is 0 Å². The van der Waals surface area contributed by atoms with Crippen molar-refractivity contribution in [2.24, 2.45) is 0 Å². The maximum absolute atomic E-state index is 12.0. The summed E-state index contributed by atoms with van der Waals surface area (Å²) in [4.78, 5) is 23.4. The molecule has 0 bridgehead atoms. The summed E-state index contributed by atoms with van der Waals surface area (Å²) in [6.07, 6.45) is -13.8. The Bertz CT molecular complexity index is 715. The van der Waals surface area contributed by atoms with E-state index in [1.54, 1.807) is 30.3 Å². The summed E-state index contributed by atoms with van der Waals surface area (Å²) in [7, 11) is 0.